The highest BCUT2D eigenvalue weighted by Gasteiger charge is 2.30. The topological polar surface area (TPSA) is 53.5 Å². The molecule has 0 saturated carbocycles. The second-order valence-electron chi connectivity index (χ2n) is 9.11. The van der Waals surface area contributed by atoms with Gasteiger partial charge in [-0.1, -0.05) is 59.7 Å². The van der Waals surface area contributed by atoms with Gasteiger partial charge in [-0.05, 0) is 48.6 Å². The van der Waals surface area contributed by atoms with Gasteiger partial charge >= 0.3 is 0 Å². The van der Waals surface area contributed by atoms with E-state index in [1.54, 1.807) is 17.3 Å². The summed E-state index contributed by atoms with van der Waals surface area (Å²) in [7, 11) is 1.83. The summed E-state index contributed by atoms with van der Waals surface area (Å²) in [5.74, 6) is -0.103. The van der Waals surface area contributed by atoms with Crippen LogP contribution < -0.4 is 0 Å². The van der Waals surface area contributed by atoms with Crippen LogP contribution in [0.15, 0.2) is 67.0 Å². The average Bonchev–Trinajstić information content (AvgIpc) is 2.93. The molecule has 1 atom stereocenters. The van der Waals surface area contributed by atoms with E-state index in [0.717, 1.165) is 11.1 Å². The van der Waals surface area contributed by atoms with Gasteiger partial charge in [0.05, 0.1) is 12.3 Å². The summed E-state index contributed by atoms with van der Waals surface area (Å²) in [5.41, 5.74) is 6.87. The molecule has 1 aliphatic heterocycles. The van der Waals surface area contributed by atoms with Crippen LogP contribution in [0.2, 0.25) is 0 Å². The smallest absolute Gasteiger partial charge is 0.227 e. The molecule has 0 spiro atoms. The number of rotatable bonds is 5. The molecule has 3 aromatic rings. The molecule has 0 bridgehead atoms. The highest BCUT2D eigenvalue weighted by molar-refractivity contribution is 5.83. The van der Waals surface area contributed by atoms with Gasteiger partial charge < -0.3 is 9.80 Å². The zero-order valence-electron chi connectivity index (χ0n) is 19.6. The summed E-state index contributed by atoms with van der Waals surface area (Å²) in [4.78, 5) is 33.7. The van der Waals surface area contributed by atoms with Gasteiger partial charge in [-0.2, -0.15) is 0 Å². The van der Waals surface area contributed by atoms with Crippen molar-refractivity contribution < 1.29 is 9.59 Å². The van der Waals surface area contributed by atoms with E-state index in [1.807, 2.05) is 24.1 Å². The summed E-state index contributed by atoms with van der Waals surface area (Å²) in [5, 5.41) is 0. The monoisotopic (exact) mass is 441 g/mol. The molecule has 0 unspecified atom stereocenters. The number of nitrogens with zero attached hydrogens (tertiary/aromatic N) is 3. The van der Waals surface area contributed by atoms with Gasteiger partial charge in [0.25, 0.3) is 0 Å². The van der Waals surface area contributed by atoms with Crippen molar-refractivity contribution in [1.29, 1.82) is 0 Å². The maximum Gasteiger partial charge on any atom is 0.227 e. The van der Waals surface area contributed by atoms with Crippen LogP contribution >= 0.6 is 0 Å². The van der Waals surface area contributed by atoms with Gasteiger partial charge in [-0.3, -0.25) is 14.6 Å². The fourth-order valence-corrected chi connectivity index (χ4v) is 4.55. The van der Waals surface area contributed by atoms with E-state index in [0.29, 0.717) is 32.5 Å². The minimum atomic E-state index is -0.248. The summed E-state index contributed by atoms with van der Waals surface area (Å²) in [6.07, 6.45) is 4.35. The first-order valence-corrected chi connectivity index (χ1v) is 11.5. The van der Waals surface area contributed by atoms with Crippen LogP contribution in [0, 0.1) is 19.8 Å². The number of amides is 2. The zero-order chi connectivity index (χ0) is 23.4. The number of pyridine rings is 1. The minimum Gasteiger partial charge on any atom is -0.344 e. The third-order valence-electron chi connectivity index (χ3n) is 6.29. The molecule has 1 fully saturated rings. The fraction of sp³-hybridized carbons (Fsp3) is 0.321. The number of aromatic nitrogens is 1. The van der Waals surface area contributed by atoms with Crippen molar-refractivity contribution in [3.8, 4) is 11.1 Å². The quantitative estimate of drug-likeness (QED) is 0.600. The molecule has 170 valence electrons. The van der Waals surface area contributed by atoms with Gasteiger partial charge in [0, 0.05) is 39.1 Å². The number of aryl methyl sites for hydroxylation is 2. The Bertz CT molecular complexity index is 1110. The molecular weight excluding hydrogens is 410 g/mol. The number of likely N-dealkylation sites (N-methyl/N-ethyl adjacent to an activating group) is 1. The molecule has 33 heavy (non-hydrogen) atoms. The minimum absolute atomic E-state index is 0.0428. The molecule has 0 aliphatic carbocycles. The number of hydrogen-bond acceptors (Lipinski definition) is 3. The van der Waals surface area contributed by atoms with E-state index in [-0.39, 0.29) is 17.7 Å². The Hall–Kier alpha value is -3.47. The molecule has 1 saturated heterocycles. The summed E-state index contributed by atoms with van der Waals surface area (Å²) in [6.45, 7) is 5.78. The SMILES string of the molecule is Cc1cc(C)cc(-c2ccc(C[C@H]3CN(C(=O)Cc4cccnc4)CCN(C)C3=O)cc2)c1. The number of benzene rings is 2. The van der Waals surface area contributed by atoms with Crippen LogP contribution in [0.3, 0.4) is 0 Å². The average molecular weight is 442 g/mol. The second kappa shape index (κ2) is 9.99. The van der Waals surface area contributed by atoms with Gasteiger partial charge in [-0.25, -0.2) is 0 Å². The maximum absolute atomic E-state index is 13.0. The lowest BCUT2D eigenvalue weighted by molar-refractivity contribution is -0.133. The van der Waals surface area contributed by atoms with Crippen molar-refractivity contribution in [1.82, 2.24) is 14.8 Å². The highest BCUT2D eigenvalue weighted by Crippen LogP contribution is 2.24. The Morgan fingerprint density at radius 3 is 2.36 bits per heavy atom. The summed E-state index contributed by atoms with van der Waals surface area (Å²) < 4.78 is 0. The number of hydrogen-bond donors (Lipinski definition) is 0. The first-order valence-electron chi connectivity index (χ1n) is 11.5. The van der Waals surface area contributed by atoms with Crippen molar-refractivity contribution in [3.63, 3.8) is 0 Å². The molecule has 0 N–H and O–H groups in total. The van der Waals surface area contributed by atoms with Crippen LogP contribution in [0.25, 0.3) is 11.1 Å². The Labute approximate surface area is 196 Å². The van der Waals surface area contributed by atoms with Crippen molar-refractivity contribution in [3.05, 3.63) is 89.2 Å². The molecule has 2 amide bonds. The van der Waals surface area contributed by atoms with E-state index in [9.17, 15) is 9.59 Å². The van der Waals surface area contributed by atoms with E-state index in [2.05, 4.69) is 61.3 Å². The third-order valence-corrected chi connectivity index (χ3v) is 6.29. The lowest BCUT2D eigenvalue weighted by Gasteiger charge is -2.23. The Morgan fingerprint density at radius 1 is 0.970 bits per heavy atom. The van der Waals surface area contributed by atoms with E-state index >= 15 is 0 Å². The Balaban J connectivity index is 1.48. The van der Waals surface area contributed by atoms with Gasteiger partial charge in [-0.15, -0.1) is 0 Å². The second-order valence-corrected chi connectivity index (χ2v) is 9.11. The molecule has 1 aromatic heterocycles. The summed E-state index contributed by atoms with van der Waals surface area (Å²) in [6, 6.07) is 18.8. The first kappa shape index (κ1) is 22.7. The molecule has 2 heterocycles. The zero-order valence-corrected chi connectivity index (χ0v) is 19.6. The predicted molar refractivity (Wildman–Crippen MR) is 131 cm³/mol. The molecule has 2 aromatic carbocycles. The Kier molecular flexibility index (Phi) is 6.87. The highest BCUT2D eigenvalue weighted by atomic mass is 16.2. The van der Waals surface area contributed by atoms with E-state index < -0.39 is 0 Å². The van der Waals surface area contributed by atoms with Crippen LogP contribution in [-0.2, 0) is 22.4 Å². The molecule has 5 nitrogen and oxygen atoms in total. The molecule has 1 aliphatic rings. The lowest BCUT2D eigenvalue weighted by Crippen LogP contribution is -2.38. The van der Waals surface area contributed by atoms with Crippen molar-refractivity contribution in [2.75, 3.05) is 26.7 Å². The molecule has 5 heteroatoms. The van der Waals surface area contributed by atoms with Crippen LogP contribution in [0.4, 0.5) is 0 Å². The Morgan fingerprint density at radius 2 is 1.70 bits per heavy atom. The van der Waals surface area contributed by atoms with Gasteiger partial charge in [0.1, 0.15) is 0 Å². The lowest BCUT2D eigenvalue weighted by atomic mass is 9.95. The largest absolute Gasteiger partial charge is 0.344 e. The van der Waals surface area contributed by atoms with Crippen molar-refractivity contribution in [2.24, 2.45) is 5.92 Å². The van der Waals surface area contributed by atoms with E-state index in [4.69, 9.17) is 0 Å². The normalized spacial score (nSPS) is 16.6. The molecular formula is C28H31N3O2. The third kappa shape index (κ3) is 5.67. The van der Waals surface area contributed by atoms with Gasteiger partial charge in [0.15, 0.2) is 0 Å². The number of carbonyl (C=O) groups excluding carboxylic acids is 2. The first-order chi connectivity index (χ1) is 15.9. The van der Waals surface area contributed by atoms with Crippen molar-refractivity contribution in [2.45, 2.75) is 26.7 Å². The van der Waals surface area contributed by atoms with Crippen LogP contribution in [0.5, 0.6) is 0 Å². The fourth-order valence-electron chi connectivity index (χ4n) is 4.55. The van der Waals surface area contributed by atoms with Gasteiger partial charge in [0.2, 0.25) is 11.8 Å². The van der Waals surface area contributed by atoms with Crippen molar-refractivity contribution >= 4 is 11.8 Å². The predicted octanol–water partition coefficient (Wildman–Crippen LogP) is 4.07. The van der Waals surface area contributed by atoms with Crippen LogP contribution in [0.1, 0.15) is 22.3 Å². The molecule has 4 rings (SSSR count). The standard InChI is InChI=1S/C28H31N3O2/c1-20-13-21(2)15-25(14-20)24-8-6-22(7-9-24)16-26-19-31(12-11-30(3)28(26)33)27(32)17-23-5-4-10-29-18-23/h4-10,13-15,18,26H,11-12,16-17,19H2,1-3H3/t26-/m0/s1. The number of carbonyl (C=O) groups is 2. The van der Waals surface area contributed by atoms with Crippen LogP contribution in [-0.4, -0.2) is 53.3 Å². The van der Waals surface area contributed by atoms with E-state index in [1.165, 1.54) is 22.3 Å². The molecule has 0 radical (unpaired) electrons. The maximum atomic E-state index is 13.0. The summed E-state index contributed by atoms with van der Waals surface area (Å²) >= 11 is 0.